The van der Waals surface area contributed by atoms with Gasteiger partial charge in [0.05, 0.1) is 0 Å². The number of fused-ring (bicyclic) bond motifs is 2. The number of benzene rings is 2. The third-order valence-electron chi connectivity index (χ3n) is 4.91. The second kappa shape index (κ2) is 8.16. The second-order valence-electron chi connectivity index (χ2n) is 6.69. The first kappa shape index (κ1) is 20.1. The van der Waals surface area contributed by atoms with Crippen molar-refractivity contribution in [3.63, 3.8) is 0 Å². The Morgan fingerprint density at radius 2 is 2.11 bits per heavy atom. The van der Waals surface area contributed by atoms with Crippen LogP contribution in [0.4, 0.5) is 8.78 Å². The highest BCUT2D eigenvalue weighted by Gasteiger charge is 2.26. The van der Waals surface area contributed by atoms with Gasteiger partial charge in [-0.15, -0.1) is 12.4 Å². The normalized spacial score (nSPS) is 15.6. The van der Waals surface area contributed by atoms with Crippen LogP contribution in [0.2, 0.25) is 0 Å². The van der Waals surface area contributed by atoms with Gasteiger partial charge in [0, 0.05) is 34.3 Å². The molecule has 4 N–H and O–H groups in total. The van der Waals surface area contributed by atoms with Crippen molar-refractivity contribution < 1.29 is 18.3 Å². The highest BCUT2D eigenvalue weighted by Crippen LogP contribution is 2.31. The summed E-state index contributed by atoms with van der Waals surface area (Å²) in [7, 11) is 0. The Kier molecular flexibility index (Phi) is 5.86. The van der Waals surface area contributed by atoms with Crippen molar-refractivity contribution in [3.05, 3.63) is 64.9 Å². The van der Waals surface area contributed by atoms with E-state index in [9.17, 15) is 13.6 Å². The lowest BCUT2D eigenvalue weighted by Gasteiger charge is -2.27. The molecule has 0 saturated carbocycles. The molecule has 0 bridgehead atoms. The van der Waals surface area contributed by atoms with Crippen LogP contribution in [0.5, 0.6) is 5.75 Å². The van der Waals surface area contributed by atoms with E-state index in [0.29, 0.717) is 31.6 Å². The molecule has 0 fully saturated rings. The number of hydrogen-bond acceptors (Lipinski definition) is 3. The van der Waals surface area contributed by atoms with E-state index in [-0.39, 0.29) is 35.6 Å². The van der Waals surface area contributed by atoms with Crippen molar-refractivity contribution in [2.45, 2.75) is 18.9 Å². The number of halogens is 3. The molecule has 2 heterocycles. The number of ether oxygens (including phenoxy) is 1. The number of primary amides is 1. The third kappa shape index (κ3) is 3.81. The summed E-state index contributed by atoms with van der Waals surface area (Å²) in [6.45, 7) is 0.933. The van der Waals surface area contributed by atoms with Gasteiger partial charge in [0.15, 0.2) is 11.6 Å². The largest absolute Gasteiger partial charge is 0.489 e. The number of amides is 1. The van der Waals surface area contributed by atoms with Gasteiger partial charge in [-0.3, -0.25) is 4.79 Å². The number of aromatic nitrogens is 1. The average Bonchev–Trinajstić information content (AvgIpc) is 3.04. The van der Waals surface area contributed by atoms with Crippen LogP contribution in [-0.2, 0) is 12.8 Å². The Balaban J connectivity index is 0.00000225. The molecule has 8 heteroatoms. The highest BCUT2D eigenvalue weighted by molar-refractivity contribution is 5.95. The van der Waals surface area contributed by atoms with Gasteiger partial charge in [-0.2, -0.15) is 0 Å². The molecular weight excluding hydrogens is 388 g/mol. The second-order valence-corrected chi connectivity index (χ2v) is 6.69. The number of rotatable bonds is 5. The zero-order valence-electron chi connectivity index (χ0n) is 14.9. The van der Waals surface area contributed by atoms with Crippen molar-refractivity contribution in [1.29, 1.82) is 0 Å². The Hall–Kier alpha value is -2.64. The van der Waals surface area contributed by atoms with Gasteiger partial charge in [-0.1, -0.05) is 0 Å². The standard InChI is InChI=1S/C20H19F2N3O2.ClH/c21-12-1-4-18-15(7-12)11(9-25-18)5-6-24-13-8-16-14(20(23)26)2-3-17(22)19(16)27-10-13;/h1-4,7,9,13,24-25H,5-6,8,10H2,(H2,23,26);1H. The Bertz CT molecular complexity index is 1020. The van der Waals surface area contributed by atoms with Crippen molar-refractivity contribution in [1.82, 2.24) is 10.3 Å². The molecule has 1 aromatic heterocycles. The minimum Gasteiger partial charge on any atom is -0.489 e. The molecule has 1 amide bonds. The van der Waals surface area contributed by atoms with E-state index in [2.05, 4.69) is 10.3 Å². The minimum absolute atomic E-state index is 0. The molecule has 1 aliphatic rings. The minimum atomic E-state index is -0.601. The molecule has 0 radical (unpaired) electrons. The van der Waals surface area contributed by atoms with Gasteiger partial charge >= 0.3 is 0 Å². The van der Waals surface area contributed by atoms with Gasteiger partial charge in [0.2, 0.25) is 5.91 Å². The van der Waals surface area contributed by atoms with E-state index < -0.39 is 11.7 Å². The quantitative estimate of drug-likeness (QED) is 0.608. The number of carbonyl (C=O) groups is 1. The van der Waals surface area contributed by atoms with Crippen molar-refractivity contribution in [2.75, 3.05) is 13.2 Å². The Morgan fingerprint density at radius 1 is 1.29 bits per heavy atom. The van der Waals surface area contributed by atoms with Crippen LogP contribution in [0.3, 0.4) is 0 Å². The molecular formula is C20H20ClF2N3O2. The first-order chi connectivity index (χ1) is 13.0. The van der Waals surface area contributed by atoms with Gasteiger partial charge in [-0.05, 0) is 55.3 Å². The predicted octanol–water partition coefficient (Wildman–Crippen LogP) is 3.10. The van der Waals surface area contributed by atoms with Gasteiger partial charge < -0.3 is 20.8 Å². The molecule has 3 aromatic rings. The molecule has 0 aliphatic carbocycles. The lowest BCUT2D eigenvalue weighted by molar-refractivity contribution is 0.0997. The Morgan fingerprint density at radius 3 is 2.89 bits per heavy atom. The van der Waals surface area contributed by atoms with Crippen molar-refractivity contribution in [3.8, 4) is 5.75 Å². The van der Waals surface area contributed by atoms with Gasteiger partial charge in [0.25, 0.3) is 0 Å². The maximum atomic E-state index is 13.9. The van der Waals surface area contributed by atoms with E-state index in [1.54, 1.807) is 6.07 Å². The lowest BCUT2D eigenvalue weighted by atomic mass is 9.96. The van der Waals surface area contributed by atoms with Crippen LogP contribution in [0.25, 0.3) is 10.9 Å². The molecule has 5 nitrogen and oxygen atoms in total. The number of aromatic amines is 1. The molecule has 1 atom stereocenters. The fourth-order valence-electron chi connectivity index (χ4n) is 3.58. The smallest absolute Gasteiger partial charge is 0.249 e. The summed E-state index contributed by atoms with van der Waals surface area (Å²) in [5.74, 6) is -1.25. The molecule has 0 spiro atoms. The number of H-pyrrole nitrogens is 1. The molecule has 28 heavy (non-hydrogen) atoms. The van der Waals surface area contributed by atoms with E-state index in [0.717, 1.165) is 16.5 Å². The maximum absolute atomic E-state index is 13.9. The summed E-state index contributed by atoms with van der Waals surface area (Å²) in [5, 5.41) is 4.22. The lowest BCUT2D eigenvalue weighted by Crippen LogP contribution is -2.41. The van der Waals surface area contributed by atoms with Crippen LogP contribution in [0.1, 0.15) is 21.5 Å². The third-order valence-corrected chi connectivity index (χ3v) is 4.91. The summed E-state index contributed by atoms with van der Waals surface area (Å²) in [4.78, 5) is 14.7. The zero-order chi connectivity index (χ0) is 19.0. The Labute approximate surface area is 166 Å². The van der Waals surface area contributed by atoms with Crippen molar-refractivity contribution >= 4 is 29.2 Å². The molecule has 1 aliphatic heterocycles. The van der Waals surface area contributed by atoms with Gasteiger partial charge in [0.1, 0.15) is 12.4 Å². The monoisotopic (exact) mass is 407 g/mol. The maximum Gasteiger partial charge on any atom is 0.249 e. The first-order valence-electron chi connectivity index (χ1n) is 8.76. The SMILES string of the molecule is Cl.NC(=O)c1ccc(F)c2c1CC(NCCc1c[nH]c3ccc(F)cc13)CO2. The van der Waals surface area contributed by atoms with Crippen molar-refractivity contribution in [2.24, 2.45) is 5.73 Å². The highest BCUT2D eigenvalue weighted by atomic mass is 35.5. The first-order valence-corrected chi connectivity index (χ1v) is 8.76. The summed E-state index contributed by atoms with van der Waals surface area (Å²) < 4.78 is 32.9. The number of carbonyl (C=O) groups excluding carboxylic acids is 1. The van der Waals surface area contributed by atoms with Crippen LogP contribution in [0.15, 0.2) is 36.5 Å². The van der Waals surface area contributed by atoms with Crippen LogP contribution < -0.4 is 15.8 Å². The van der Waals surface area contributed by atoms with Crippen LogP contribution in [-0.4, -0.2) is 30.1 Å². The summed E-state index contributed by atoms with van der Waals surface area (Å²) in [6.07, 6.45) is 3.02. The van der Waals surface area contributed by atoms with Crippen LogP contribution >= 0.6 is 12.4 Å². The summed E-state index contributed by atoms with van der Waals surface area (Å²) in [5.41, 5.74) is 8.08. The number of hydrogen-bond donors (Lipinski definition) is 3. The number of nitrogens with two attached hydrogens (primary N) is 1. The molecule has 4 rings (SSSR count). The topological polar surface area (TPSA) is 80.1 Å². The number of nitrogens with one attached hydrogen (secondary N) is 2. The molecule has 2 aromatic carbocycles. The summed E-state index contributed by atoms with van der Waals surface area (Å²) >= 11 is 0. The molecule has 148 valence electrons. The fourth-order valence-corrected chi connectivity index (χ4v) is 3.58. The summed E-state index contributed by atoms with van der Waals surface area (Å²) in [6, 6.07) is 7.18. The predicted molar refractivity (Wildman–Crippen MR) is 105 cm³/mol. The van der Waals surface area contributed by atoms with E-state index in [4.69, 9.17) is 10.5 Å². The van der Waals surface area contributed by atoms with Gasteiger partial charge in [-0.25, -0.2) is 8.78 Å². The van der Waals surface area contributed by atoms with Crippen LogP contribution in [0, 0.1) is 11.6 Å². The van der Waals surface area contributed by atoms with E-state index in [1.165, 1.54) is 24.3 Å². The zero-order valence-corrected chi connectivity index (χ0v) is 15.7. The molecule has 1 unspecified atom stereocenters. The fraction of sp³-hybridized carbons (Fsp3) is 0.250. The average molecular weight is 408 g/mol. The van der Waals surface area contributed by atoms with E-state index >= 15 is 0 Å². The molecule has 0 saturated heterocycles. The van der Waals surface area contributed by atoms with E-state index in [1.807, 2.05) is 6.20 Å².